The number of fused-ring (bicyclic) bond motifs is 2. The summed E-state index contributed by atoms with van der Waals surface area (Å²) in [5.74, 6) is 1.19. The Morgan fingerprint density at radius 3 is 1.97 bits per heavy atom. The van der Waals surface area contributed by atoms with Crippen LogP contribution < -0.4 is 14.4 Å². The number of ether oxygens (including phenoxy) is 2. The van der Waals surface area contributed by atoms with Crippen molar-refractivity contribution in [2.24, 2.45) is 0 Å². The topological polar surface area (TPSA) is 55.8 Å². The molecule has 5 heteroatoms. The summed E-state index contributed by atoms with van der Waals surface area (Å²) < 4.78 is 11.9. The molecule has 182 valence electrons. The Kier molecular flexibility index (Phi) is 5.81. The Morgan fingerprint density at radius 1 is 0.784 bits per heavy atom. The summed E-state index contributed by atoms with van der Waals surface area (Å²) in [6.45, 7) is 2.52. The van der Waals surface area contributed by atoms with Gasteiger partial charge in [0.25, 0.3) is 5.91 Å². The molecule has 0 aliphatic carbocycles. The molecule has 1 amide bonds. The van der Waals surface area contributed by atoms with Crippen LogP contribution in [-0.4, -0.2) is 24.9 Å². The van der Waals surface area contributed by atoms with E-state index in [-0.39, 0.29) is 11.9 Å². The van der Waals surface area contributed by atoms with E-state index in [4.69, 9.17) is 9.47 Å². The van der Waals surface area contributed by atoms with Gasteiger partial charge in [0.2, 0.25) is 6.10 Å². The largest absolute Gasteiger partial charge is 0.494 e. The lowest BCUT2D eigenvalue weighted by molar-refractivity contribution is -0.134. The lowest BCUT2D eigenvalue weighted by Gasteiger charge is -2.47. The number of carbonyl (C=O) groups excluding carboxylic acids is 2. The predicted octanol–water partition coefficient (Wildman–Crippen LogP) is 6.74. The van der Waals surface area contributed by atoms with Crippen LogP contribution in [0.3, 0.4) is 0 Å². The predicted molar refractivity (Wildman–Crippen MR) is 146 cm³/mol. The number of amides is 1. The van der Waals surface area contributed by atoms with Crippen molar-refractivity contribution in [3.8, 4) is 11.5 Å². The third kappa shape index (κ3) is 3.99. The van der Waals surface area contributed by atoms with E-state index in [1.165, 1.54) is 0 Å². The minimum atomic E-state index is -0.720. The molecule has 37 heavy (non-hydrogen) atoms. The van der Waals surface area contributed by atoms with Crippen molar-refractivity contribution < 1.29 is 19.1 Å². The second-order valence-electron chi connectivity index (χ2n) is 9.04. The summed E-state index contributed by atoms with van der Waals surface area (Å²) >= 11 is 0. The van der Waals surface area contributed by atoms with Crippen LogP contribution in [0.5, 0.6) is 11.5 Å². The Balaban J connectivity index is 1.50. The van der Waals surface area contributed by atoms with Gasteiger partial charge in [0.1, 0.15) is 23.8 Å². The van der Waals surface area contributed by atoms with E-state index in [1.807, 2.05) is 60.4 Å². The van der Waals surface area contributed by atoms with Gasteiger partial charge < -0.3 is 9.47 Å². The molecule has 1 aliphatic heterocycles. The fraction of sp³-hybridized carbons (Fsp3) is 0.125. The van der Waals surface area contributed by atoms with Crippen LogP contribution in [0.4, 0.5) is 5.69 Å². The van der Waals surface area contributed by atoms with Crippen molar-refractivity contribution in [3.05, 3.63) is 114 Å². The average molecular weight is 488 g/mol. The van der Waals surface area contributed by atoms with Gasteiger partial charge in [-0.1, -0.05) is 48.5 Å². The molecule has 0 unspecified atom stereocenters. The van der Waals surface area contributed by atoms with Crippen LogP contribution in [0.15, 0.2) is 103 Å². The molecule has 0 N–H and O–H groups in total. The van der Waals surface area contributed by atoms with Crippen molar-refractivity contribution in [3.63, 3.8) is 0 Å². The molecule has 5 aromatic carbocycles. The highest BCUT2D eigenvalue weighted by atomic mass is 16.5. The Morgan fingerprint density at radius 2 is 1.38 bits per heavy atom. The van der Waals surface area contributed by atoms with E-state index in [0.29, 0.717) is 17.9 Å². The summed E-state index contributed by atoms with van der Waals surface area (Å²) in [6, 6.07) is 32.8. The molecule has 0 radical (unpaired) electrons. The fourth-order valence-corrected chi connectivity index (χ4v) is 5.15. The molecular weight excluding hydrogens is 462 g/mol. The zero-order valence-corrected chi connectivity index (χ0v) is 20.3. The zero-order valence-electron chi connectivity index (χ0n) is 20.3. The highest BCUT2D eigenvalue weighted by Gasteiger charge is 2.52. The van der Waals surface area contributed by atoms with Gasteiger partial charge in [-0.3, -0.25) is 14.5 Å². The van der Waals surface area contributed by atoms with Gasteiger partial charge in [-0.25, -0.2) is 0 Å². The maximum atomic E-state index is 13.7. The third-order valence-corrected chi connectivity index (χ3v) is 6.86. The van der Waals surface area contributed by atoms with Gasteiger partial charge in [0, 0.05) is 11.3 Å². The van der Waals surface area contributed by atoms with Crippen LogP contribution in [0.25, 0.3) is 21.5 Å². The third-order valence-electron chi connectivity index (χ3n) is 6.86. The molecule has 0 saturated carbocycles. The first-order valence-electron chi connectivity index (χ1n) is 12.4. The van der Waals surface area contributed by atoms with Crippen LogP contribution in [0.1, 0.15) is 28.9 Å². The van der Waals surface area contributed by atoms with E-state index in [2.05, 4.69) is 30.3 Å². The van der Waals surface area contributed by atoms with Crippen molar-refractivity contribution >= 4 is 39.4 Å². The maximum absolute atomic E-state index is 13.7. The van der Waals surface area contributed by atoms with E-state index in [1.54, 1.807) is 24.3 Å². The van der Waals surface area contributed by atoms with Crippen molar-refractivity contribution in [1.82, 2.24) is 0 Å². The van der Waals surface area contributed by atoms with Gasteiger partial charge in [-0.15, -0.1) is 0 Å². The van der Waals surface area contributed by atoms with Crippen molar-refractivity contribution in [2.45, 2.75) is 19.1 Å². The molecule has 1 fully saturated rings. The number of nitrogens with zero attached hydrogens (tertiary/aromatic N) is 1. The number of hydrogen-bond acceptors (Lipinski definition) is 4. The summed E-state index contributed by atoms with van der Waals surface area (Å²) in [5, 5.41) is 4.38. The minimum Gasteiger partial charge on any atom is -0.494 e. The number of aldehydes is 1. The summed E-state index contributed by atoms with van der Waals surface area (Å²) in [6.07, 6.45) is 0.0691. The van der Waals surface area contributed by atoms with Crippen LogP contribution in [-0.2, 0) is 4.79 Å². The average Bonchev–Trinajstić information content (AvgIpc) is 2.95. The molecule has 0 aromatic heterocycles. The quantitative estimate of drug-likeness (QED) is 0.145. The van der Waals surface area contributed by atoms with E-state index in [9.17, 15) is 9.59 Å². The fourth-order valence-electron chi connectivity index (χ4n) is 5.15. The Bertz CT molecular complexity index is 1550. The molecule has 0 spiro atoms. The van der Waals surface area contributed by atoms with E-state index >= 15 is 0 Å². The lowest BCUT2D eigenvalue weighted by atomic mass is 9.83. The highest BCUT2D eigenvalue weighted by Crippen LogP contribution is 2.46. The van der Waals surface area contributed by atoms with Crippen LogP contribution in [0.2, 0.25) is 0 Å². The van der Waals surface area contributed by atoms with Crippen LogP contribution in [0, 0.1) is 0 Å². The molecule has 5 nitrogen and oxygen atoms in total. The highest BCUT2D eigenvalue weighted by molar-refractivity contribution is 6.10. The number of rotatable bonds is 7. The number of β-lactam (4-membered cyclic amide) rings is 1. The normalized spacial score (nSPS) is 17.0. The van der Waals surface area contributed by atoms with Gasteiger partial charge >= 0.3 is 0 Å². The molecule has 5 aromatic rings. The van der Waals surface area contributed by atoms with Crippen molar-refractivity contribution in [2.75, 3.05) is 11.5 Å². The first kappa shape index (κ1) is 22.8. The van der Waals surface area contributed by atoms with Gasteiger partial charge in [0.05, 0.1) is 6.61 Å². The molecule has 1 saturated heterocycles. The first-order valence-corrected chi connectivity index (χ1v) is 12.4. The SMILES string of the molecule is CCOc1ccc(N2C(=O)[C@H](Oc3ccc(C=O)cc3)[C@@H]2c2c3ccccc3cc3ccccc23)cc1. The first-order chi connectivity index (χ1) is 18.2. The summed E-state index contributed by atoms with van der Waals surface area (Å²) in [5.41, 5.74) is 2.39. The summed E-state index contributed by atoms with van der Waals surface area (Å²) in [4.78, 5) is 26.6. The second kappa shape index (κ2) is 9.43. The minimum absolute atomic E-state index is 0.120. The number of hydrogen-bond donors (Lipinski definition) is 0. The molecule has 1 aliphatic rings. The molecule has 2 atom stereocenters. The maximum Gasteiger partial charge on any atom is 0.271 e. The smallest absolute Gasteiger partial charge is 0.271 e. The van der Waals surface area contributed by atoms with E-state index < -0.39 is 6.10 Å². The Labute approximate surface area is 214 Å². The van der Waals surface area contributed by atoms with Crippen molar-refractivity contribution in [1.29, 1.82) is 0 Å². The van der Waals surface area contributed by atoms with Gasteiger partial charge in [0.15, 0.2) is 0 Å². The molecule has 1 heterocycles. The monoisotopic (exact) mass is 487 g/mol. The molecular formula is C32H25NO4. The number of anilines is 1. The second-order valence-corrected chi connectivity index (χ2v) is 9.04. The summed E-state index contributed by atoms with van der Waals surface area (Å²) in [7, 11) is 0. The standard InChI is InChI=1S/C32H25NO4/c1-2-36-25-17-13-24(14-18-25)33-30(31(32(33)35)37-26-15-11-21(20-34)12-16-26)29-27-9-5-3-7-22(27)19-23-8-4-6-10-28(23)29/h3-20,30-31H,2H2,1H3/t30-,31+/m0/s1. The van der Waals surface area contributed by atoms with Gasteiger partial charge in [-0.2, -0.15) is 0 Å². The molecule has 6 rings (SSSR count). The van der Waals surface area contributed by atoms with Gasteiger partial charge in [-0.05, 0) is 88.6 Å². The zero-order chi connectivity index (χ0) is 25.4. The number of carbonyl (C=O) groups is 2. The lowest BCUT2D eigenvalue weighted by Crippen LogP contribution is -2.61. The molecule has 0 bridgehead atoms. The number of benzene rings is 5. The Hall–Kier alpha value is -4.64. The van der Waals surface area contributed by atoms with E-state index in [0.717, 1.165) is 44.8 Å². The van der Waals surface area contributed by atoms with Crippen LogP contribution >= 0.6 is 0 Å².